The number of amides is 2. The van der Waals surface area contributed by atoms with Crippen molar-refractivity contribution in [1.82, 2.24) is 4.98 Å². The second-order valence-corrected chi connectivity index (χ2v) is 6.54. The van der Waals surface area contributed by atoms with Crippen LogP contribution in [0.25, 0.3) is 0 Å². The number of para-hydroxylation sites is 1. The maximum absolute atomic E-state index is 12.6. The molecule has 0 atom stereocenters. The third-order valence-electron chi connectivity index (χ3n) is 4.18. The van der Waals surface area contributed by atoms with E-state index in [0.717, 1.165) is 22.5 Å². The van der Waals surface area contributed by atoms with Gasteiger partial charge in [0.15, 0.2) is 0 Å². The van der Waals surface area contributed by atoms with Crippen LogP contribution in [0.15, 0.2) is 60.8 Å². The summed E-state index contributed by atoms with van der Waals surface area (Å²) >= 11 is 0. The summed E-state index contributed by atoms with van der Waals surface area (Å²) < 4.78 is 0. The molecule has 0 unspecified atom stereocenters. The van der Waals surface area contributed by atoms with E-state index in [2.05, 4.69) is 20.9 Å². The lowest BCUT2D eigenvalue weighted by molar-refractivity contribution is -0.114. The van der Waals surface area contributed by atoms with Crippen LogP contribution in [0.1, 0.15) is 28.5 Å². The van der Waals surface area contributed by atoms with Crippen LogP contribution in [0.3, 0.4) is 0 Å². The quantitative estimate of drug-likeness (QED) is 0.607. The van der Waals surface area contributed by atoms with Gasteiger partial charge in [0, 0.05) is 35.9 Å². The molecule has 1 heterocycles. The highest BCUT2D eigenvalue weighted by molar-refractivity contribution is 6.04. The Morgan fingerprint density at radius 3 is 2.14 bits per heavy atom. The van der Waals surface area contributed by atoms with Crippen LogP contribution in [0.2, 0.25) is 0 Å². The summed E-state index contributed by atoms with van der Waals surface area (Å²) in [6.07, 6.45) is 1.60. The monoisotopic (exact) mass is 374 g/mol. The Morgan fingerprint density at radius 2 is 1.46 bits per heavy atom. The van der Waals surface area contributed by atoms with Gasteiger partial charge >= 0.3 is 0 Å². The van der Waals surface area contributed by atoms with Crippen molar-refractivity contribution in [3.63, 3.8) is 0 Å². The van der Waals surface area contributed by atoms with Crippen molar-refractivity contribution in [3.8, 4) is 0 Å². The van der Waals surface area contributed by atoms with Gasteiger partial charge in [0.05, 0.1) is 0 Å². The molecular formula is C22H22N4O2. The number of pyridine rings is 1. The molecule has 3 N–H and O–H groups in total. The van der Waals surface area contributed by atoms with Gasteiger partial charge in [-0.1, -0.05) is 24.3 Å². The maximum atomic E-state index is 12.6. The summed E-state index contributed by atoms with van der Waals surface area (Å²) in [5, 5.41) is 8.86. The summed E-state index contributed by atoms with van der Waals surface area (Å²) in [7, 11) is 0. The Labute approximate surface area is 164 Å². The summed E-state index contributed by atoms with van der Waals surface area (Å²) in [6, 6.07) is 16.6. The van der Waals surface area contributed by atoms with Crippen molar-refractivity contribution in [2.75, 3.05) is 16.0 Å². The van der Waals surface area contributed by atoms with Crippen molar-refractivity contribution in [2.45, 2.75) is 20.8 Å². The van der Waals surface area contributed by atoms with Gasteiger partial charge in [0.25, 0.3) is 5.91 Å². The highest BCUT2D eigenvalue weighted by Gasteiger charge is 2.10. The molecular weight excluding hydrogens is 352 g/mol. The lowest BCUT2D eigenvalue weighted by Gasteiger charge is -2.13. The summed E-state index contributed by atoms with van der Waals surface area (Å²) in [4.78, 5) is 28.0. The van der Waals surface area contributed by atoms with E-state index in [1.54, 1.807) is 36.5 Å². The highest BCUT2D eigenvalue weighted by Crippen LogP contribution is 2.24. The van der Waals surface area contributed by atoms with Crippen molar-refractivity contribution in [1.29, 1.82) is 0 Å². The smallest absolute Gasteiger partial charge is 0.274 e. The minimum absolute atomic E-state index is 0.171. The SMILES string of the molecule is CC(=O)Nc1cccc(NC(=O)c2cc(Nc3c(C)cccc3C)ccn2)c1. The van der Waals surface area contributed by atoms with Crippen LogP contribution in [0, 0.1) is 13.8 Å². The van der Waals surface area contributed by atoms with E-state index in [0.29, 0.717) is 17.1 Å². The Balaban J connectivity index is 1.76. The first-order valence-corrected chi connectivity index (χ1v) is 8.90. The topological polar surface area (TPSA) is 83.1 Å². The van der Waals surface area contributed by atoms with Gasteiger partial charge in [-0.3, -0.25) is 14.6 Å². The molecule has 6 nitrogen and oxygen atoms in total. The van der Waals surface area contributed by atoms with E-state index in [1.165, 1.54) is 6.92 Å². The molecule has 0 fully saturated rings. The number of carbonyl (C=O) groups excluding carboxylic acids is 2. The summed E-state index contributed by atoms with van der Waals surface area (Å²) in [6.45, 7) is 5.50. The molecule has 0 aliphatic heterocycles. The third-order valence-corrected chi connectivity index (χ3v) is 4.18. The summed E-state index contributed by atoms with van der Waals surface area (Å²) in [5.41, 5.74) is 5.53. The molecule has 0 aliphatic rings. The number of rotatable bonds is 5. The number of nitrogens with zero attached hydrogens (tertiary/aromatic N) is 1. The molecule has 0 aliphatic carbocycles. The highest BCUT2D eigenvalue weighted by atomic mass is 16.2. The molecule has 0 spiro atoms. The fraction of sp³-hybridized carbons (Fsp3) is 0.136. The molecule has 142 valence electrons. The summed E-state index contributed by atoms with van der Waals surface area (Å²) in [5.74, 6) is -0.499. The molecule has 3 rings (SSSR count). The van der Waals surface area contributed by atoms with Gasteiger partial charge in [-0.15, -0.1) is 0 Å². The van der Waals surface area contributed by atoms with Gasteiger partial charge in [-0.25, -0.2) is 0 Å². The molecule has 2 aromatic carbocycles. The largest absolute Gasteiger partial charge is 0.355 e. The van der Waals surface area contributed by atoms with Crippen LogP contribution in [0.5, 0.6) is 0 Å². The number of benzene rings is 2. The lowest BCUT2D eigenvalue weighted by Crippen LogP contribution is -2.14. The zero-order chi connectivity index (χ0) is 20.1. The van der Waals surface area contributed by atoms with E-state index in [1.807, 2.05) is 38.1 Å². The van der Waals surface area contributed by atoms with Crippen LogP contribution in [-0.2, 0) is 4.79 Å². The minimum atomic E-state index is -0.329. The van der Waals surface area contributed by atoms with Crippen molar-refractivity contribution in [3.05, 3.63) is 77.6 Å². The Kier molecular flexibility index (Phi) is 5.69. The molecule has 0 bridgehead atoms. The molecule has 6 heteroatoms. The Bertz CT molecular complexity index is 1010. The normalized spacial score (nSPS) is 10.2. The number of nitrogens with one attached hydrogen (secondary N) is 3. The second kappa shape index (κ2) is 8.35. The first-order chi connectivity index (χ1) is 13.4. The number of hydrogen-bond donors (Lipinski definition) is 3. The third kappa shape index (κ3) is 4.73. The standard InChI is InChI=1S/C22H22N4O2/c1-14-6-4-7-15(2)21(14)25-19-10-11-23-20(13-19)22(28)26-18-9-5-8-17(12-18)24-16(3)27/h4-13H,1-3H3,(H,23,25)(H,24,27)(H,26,28). The number of carbonyl (C=O) groups is 2. The zero-order valence-corrected chi connectivity index (χ0v) is 16.0. The molecule has 3 aromatic rings. The number of hydrogen-bond acceptors (Lipinski definition) is 4. The molecule has 0 saturated carbocycles. The molecule has 2 amide bonds. The first-order valence-electron chi connectivity index (χ1n) is 8.90. The van der Waals surface area contributed by atoms with E-state index < -0.39 is 0 Å². The van der Waals surface area contributed by atoms with Gasteiger partial charge in [0.2, 0.25) is 5.91 Å². The van der Waals surface area contributed by atoms with Crippen molar-refractivity contribution < 1.29 is 9.59 Å². The van der Waals surface area contributed by atoms with Crippen LogP contribution < -0.4 is 16.0 Å². The van der Waals surface area contributed by atoms with Crippen LogP contribution in [0.4, 0.5) is 22.7 Å². The van der Waals surface area contributed by atoms with E-state index in [4.69, 9.17) is 0 Å². The average Bonchev–Trinajstić information content (AvgIpc) is 2.65. The minimum Gasteiger partial charge on any atom is -0.355 e. The fourth-order valence-electron chi connectivity index (χ4n) is 2.86. The second-order valence-electron chi connectivity index (χ2n) is 6.54. The van der Waals surface area contributed by atoms with Gasteiger partial charge in [-0.2, -0.15) is 0 Å². The number of aryl methyl sites for hydroxylation is 2. The fourth-order valence-corrected chi connectivity index (χ4v) is 2.86. The average molecular weight is 374 g/mol. The van der Waals surface area contributed by atoms with Crippen molar-refractivity contribution in [2.24, 2.45) is 0 Å². The number of aromatic nitrogens is 1. The zero-order valence-electron chi connectivity index (χ0n) is 16.0. The molecule has 0 saturated heterocycles. The van der Waals surface area contributed by atoms with Crippen LogP contribution >= 0.6 is 0 Å². The first kappa shape index (κ1) is 19.1. The Hall–Kier alpha value is -3.67. The van der Waals surface area contributed by atoms with Gasteiger partial charge in [0.1, 0.15) is 5.69 Å². The van der Waals surface area contributed by atoms with E-state index >= 15 is 0 Å². The van der Waals surface area contributed by atoms with E-state index in [-0.39, 0.29) is 11.8 Å². The van der Waals surface area contributed by atoms with Gasteiger partial charge in [-0.05, 0) is 55.3 Å². The Morgan fingerprint density at radius 1 is 0.821 bits per heavy atom. The van der Waals surface area contributed by atoms with E-state index in [9.17, 15) is 9.59 Å². The number of anilines is 4. The molecule has 28 heavy (non-hydrogen) atoms. The molecule has 0 radical (unpaired) electrons. The van der Waals surface area contributed by atoms with Gasteiger partial charge < -0.3 is 16.0 Å². The predicted molar refractivity (Wildman–Crippen MR) is 112 cm³/mol. The predicted octanol–water partition coefficient (Wildman–Crippen LogP) is 4.65. The van der Waals surface area contributed by atoms with Crippen molar-refractivity contribution >= 4 is 34.6 Å². The maximum Gasteiger partial charge on any atom is 0.274 e. The molecule has 1 aromatic heterocycles. The lowest BCUT2D eigenvalue weighted by atomic mass is 10.1. The van der Waals surface area contributed by atoms with Crippen LogP contribution in [-0.4, -0.2) is 16.8 Å².